The first kappa shape index (κ1) is 29.2. The van der Waals surface area contributed by atoms with E-state index in [4.69, 9.17) is 5.26 Å². The molecule has 8 nitrogen and oxygen atoms in total. The van der Waals surface area contributed by atoms with Gasteiger partial charge >= 0.3 is 12.4 Å². The van der Waals surface area contributed by atoms with Gasteiger partial charge in [-0.05, 0) is 56.6 Å². The van der Waals surface area contributed by atoms with Crippen molar-refractivity contribution in [3.05, 3.63) is 53.1 Å². The van der Waals surface area contributed by atoms with Gasteiger partial charge < -0.3 is 15.7 Å². The highest BCUT2D eigenvalue weighted by Gasteiger charge is 2.44. The van der Waals surface area contributed by atoms with Gasteiger partial charge in [-0.2, -0.15) is 36.7 Å². The largest absolute Gasteiger partial charge is 0.417 e. The summed E-state index contributed by atoms with van der Waals surface area (Å²) in [6.45, 7) is 1.67. The van der Waals surface area contributed by atoms with Crippen molar-refractivity contribution in [1.82, 2.24) is 15.1 Å². The number of hydrogen-bond donors (Lipinski definition) is 4. The Morgan fingerprint density at radius 1 is 1.05 bits per heavy atom. The number of fused-ring (bicyclic) bond motifs is 3. The molecule has 40 heavy (non-hydrogen) atoms. The van der Waals surface area contributed by atoms with Crippen molar-refractivity contribution in [2.45, 2.75) is 56.7 Å². The highest BCUT2D eigenvalue weighted by Crippen LogP contribution is 2.40. The van der Waals surface area contributed by atoms with Crippen molar-refractivity contribution in [3.63, 3.8) is 0 Å². The number of benzene rings is 2. The van der Waals surface area contributed by atoms with Crippen molar-refractivity contribution < 1.29 is 36.2 Å². The third-order valence-electron chi connectivity index (χ3n) is 6.70. The van der Waals surface area contributed by atoms with E-state index in [0.717, 1.165) is 42.6 Å². The third kappa shape index (κ3) is 5.85. The van der Waals surface area contributed by atoms with Crippen molar-refractivity contribution in [3.8, 4) is 6.07 Å². The van der Waals surface area contributed by atoms with Crippen molar-refractivity contribution in [1.29, 1.82) is 5.26 Å². The van der Waals surface area contributed by atoms with Gasteiger partial charge in [0.2, 0.25) is 0 Å². The molecule has 4 N–H and O–H groups in total. The number of rotatable bonds is 3. The van der Waals surface area contributed by atoms with Crippen LogP contribution in [0.2, 0.25) is 0 Å². The second kappa shape index (κ2) is 11.0. The first-order valence-electron chi connectivity index (χ1n) is 12.5. The summed E-state index contributed by atoms with van der Waals surface area (Å²) < 4.78 is 83.2. The minimum absolute atomic E-state index is 0.0284. The molecule has 3 aromatic rings. The fourth-order valence-corrected chi connectivity index (χ4v) is 4.65. The molecule has 0 saturated heterocycles. The summed E-state index contributed by atoms with van der Waals surface area (Å²) >= 11 is 0. The van der Waals surface area contributed by atoms with Gasteiger partial charge in [0.1, 0.15) is 12.0 Å². The molecule has 2 aromatic carbocycles. The summed E-state index contributed by atoms with van der Waals surface area (Å²) in [7, 11) is 0. The lowest BCUT2D eigenvalue weighted by Crippen LogP contribution is -2.53. The molecule has 214 valence electrons. The maximum Gasteiger partial charge on any atom is 0.417 e. The number of carbonyl (C=O) groups excluding carboxylic acids is 1. The van der Waals surface area contributed by atoms with Crippen molar-refractivity contribution in [2.24, 2.45) is 0 Å². The van der Waals surface area contributed by atoms with Crippen LogP contribution in [0.5, 0.6) is 0 Å². The molecular formula is C26H26F6N6O2. The summed E-state index contributed by atoms with van der Waals surface area (Å²) in [5, 5.41) is 32.8. The number of anilines is 2. The van der Waals surface area contributed by atoms with Gasteiger partial charge in [-0.15, -0.1) is 0 Å². The molecule has 1 amide bonds. The van der Waals surface area contributed by atoms with E-state index in [1.165, 1.54) is 18.2 Å². The molecule has 0 fully saturated rings. The Balaban J connectivity index is 1.79. The predicted octanol–water partition coefficient (Wildman–Crippen LogP) is 5.41. The summed E-state index contributed by atoms with van der Waals surface area (Å²) in [6, 6.07) is 7.47. The lowest BCUT2D eigenvalue weighted by molar-refractivity contribution is -0.139. The van der Waals surface area contributed by atoms with E-state index < -0.39 is 46.7 Å². The van der Waals surface area contributed by atoms with Gasteiger partial charge in [0, 0.05) is 12.2 Å². The van der Waals surface area contributed by atoms with Crippen LogP contribution in [0.25, 0.3) is 10.9 Å². The number of aliphatic hydroxyl groups is 1. The monoisotopic (exact) mass is 568 g/mol. The van der Waals surface area contributed by atoms with E-state index in [1.54, 1.807) is 0 Å². The molecule has 1 aromatic heterocycles. The molecule has 0 radical (unpaired) electrons. The number of halogens is 6. The standard InChI is InChI=1S/C26H26F6N6O2/c1-24(40,23(39)36-16-10-9-15(14-33)18(13-16)26(30,31)32)22-35-12-5-3-2-4-11-34-21-20-17(25(27,28)29)7-6-8-19(20)37-38(21)22/h6-10,13,22,34-35,40H,2-5,11-12H2,1H3,(H,36,39). The molecular weight excluding hydrogens is 542 g/mol. The van der Waals surface area contributed by atoms with E-state index in [1.807, 2.05) is 0 Å². The molecule has 0 saturated carbocycles. The summed E-state index contributed by atoms with van der Waals surface area (Å²) in [4.78, 5) is 13.3. The van der Waals surface area contributed by atoms with E-state index in [-0.39, 0.29) is 29.0 Å². The molecule has 0 spiro atoms. The number of amides is 1. The highest BCUT2D eigenvalue weighted by atomic mass is 19.4. The number of hydrogen-bond acceptors (Lipinski definition) is 6. The van der Waals surface area contributed by atoms with Crippen LogP contribution < -0.4 is 16.0 Å². The number of carbonyl (C=O) groups is 1. The second-order valence-corrected chi connectivity index (χ2v) is 9.66. The molecule has 2 unspecified atom stereocenters. The lowest BCUT2D eigenvalue weighted by atomic mass is 10.00. The van der Waals surface area contributed by atoms with Crippen LogP contribution in [0.4, 0.5) is 37.8 Å². The van der Waals surface area contributed by atoms with Gasteiger partial charge in [-0.1, -0.05) is 18.9 Å². The van der Waals surface area contributed by atoms with E-state index in [2.05, 4.69) is 21.0 Å². The Labute approximate surface area is 225 Å². The fourth-order valence-electron chi connectivity index (χ4n) is 4.65. The smallest absolute Gasteiger partial charge is 0.377 e. The van der Waals surface area contributed by atoms with E-state index in [9.17, 15) is 36.2 Å². The molecule has 2 heterocycles. The fraction of sp³-hybridized carbons (Fsp3) is 0.423. The Morgan fingerprint density at radius 2 is 1.73 bits per heavy atom. The highest BCUT2D eigenvalue weighted by molar-refractivity contribution is 5.98. The second-order valence-electron chi connectivity index (χ2n) is 9.66. The zero-order valence-corrected chi connectivity index (χ0v) is 21.2. The number of nitrogens with zero attached hydrogens (tertiary/aromatic N) is 3. The normalized spacial score (nSPS) is 18.5. The maximum absolute atomic E-state index is 13.9. The van der Waals surface area contributed by atoms with E-state index >= 15 is 0 Å². The number of aromatic nitrogens is 2. The zero-order valence-electron chi connectivity index (χ0n) is 21.2. The first-order chi connectivity index (χ1) is 18.7. The Morgan fingerprint density at radius 3 is 2.38 bits per heavy atom. The predicted molar refractivity (Wildman–Crippen MR) is 134 cm³/mol. The average molecular weight is 569 g/mol. The summed E-state index contributed by atoms with van der Waals surface area (Å²) in [5.74, 6) is -1.20. The van der Waals surface area contributed by atoms with Crippen LogP contribution >= 0.6 is 0 Å². The Kier molecular flexibility index (Phi) is 8.00. The third-order valence-corrected chi connectivity index (χ3v) is 6.70. The summed E-state index contributed by atoms with van der Waals surface area (Å²) in [5.41, 5.74) is -5.66. The van der Waals surface area contributed by atoms with Crippen LogP contribution in [0.1, 0.15) is 55.5 Å². The van der Waals surface area contributed by atoms with Crippen LogP contribution in [-0.4, -0.2) is 39.5 Å². The van der Waals surface area contributed by atoms with Gasteiger partial charge in [0.05, 0.1) is 33.7 Å². The molecule has 1 aliphatic rings. The maximum atomic E-state index is 13.9. The number of nitriles is 1. The Hall–Kier alpha value is -3.83. The summed E-state index contributed by atoms with van der Waals surface area (Å²) in [6.07, 6.45) is -8.16. The zero-order chi connectivity index (χ0) is 29.3. The number of nitrogens with one attached hydrogen (secondary N) is 3. The first-order valence-corrected chi connectivity index (χ1v) is 12.5. The van der Waals surface area contributed by atoms with Gasteiger partial charge in [-0.3, -0.25) is 10.1 Å². The van der Waals surface area contributed by atoms with Gasteiger partial charge in [-0.25, -0.2) is 4.68 Å². The van der Waals surface area contributed by atoms with Crippen LogP contribution in [0.15, 0.2) is 36.4 Å². The van der Waals surface area contributed by atoms with Crippen molar-refractivity contribution in [2.75, 3.05) is 23.7 Å². The minimum atomic E-state index is -4.88. The molecule has 4 rings (SSSR count). The van der Waals surface area contributed by atoms with Crippen LogP contribution in [-0.2, 0) is 17.1 Å². The Bertz CT molecular complexity index is 1440. The molecule has 1 aliphatic heterocycles. The minimum Gasteiger partial charge on any atom is -0.377 e. The van der Waals surface area contributed by atoms with Gasteiger partial charge in [0.15, 0.2) is 5.60 Å². The molecule has 0 aliphatic carbocycles. The van der Waals surface area contributed by atoms with Crippen molar-refractivity contribution >= 4 is 28.3 Å². The van der Waals surface area contributed by atoms with Crippen LogP contribution in [0.3, 0.4) is 0 Å². The molecule has 2 atom stereocenters. The number of alkyl halides is 6. The quantitative estimate of drug-likeness (QED) is 0.314. The topological polar surface area (TPSA) is 115 Å². The van der Waals surface area contributed by atoms with Gasteiger partial charge in [0.25, 0.3) is 5.91 Å². The molecule has 0 bridgehead atoms. The van der Waals surface area contributed by atoms with E-state index in [0.29, 0.717) is 25.5 Å². The lowest BCUT2D eigenvalue weighted by Gasteiger charge is -2.33. The average Bonchev–Trinajstić information content (AvgIpc) is 3.22. The van der Waals surface area contributed by atoms with Crippen LogP contribution in [0, 0.1) is 11.3 Å². The SMILES string of the molecule is CC(O)(C(=O)Nc1ccc(C#N)c(C(F)(F)F)c1)C1NCCCCCCNc2c3c(C(F)(F)F)cccc3nn21. The molecule has 14 heteroatoms.